The van der Waals surface area contributed by atoms with Crippen LogP contribution in [0.2, 0.25) is 0 Å². The number of unbranched alkanes of at least 4 members (excludes halogenated alkanes) is 2. The van der Waals surface area contributed by atoms with E-state index in [9.17, 15) is 0 Å². The number of hydrogen-bond acceptors (Lipinski definition) is 0. The molecule has 0 aromatic heterocycles. The zero-order valence-electron chi connectivity index (χ0n) is 37.2. The minimum Gasteiger partial charge on any atom is -1.00 e. The van der Waals surface area contributed by atoms with Crippen molar-refractivity contribution in [1.82, 2.24) is 0 Å². The first-order valence-electron chi connectivity index (χ1n) is 21.7. The molecule has 4 aliphatic rings. The molecule has 0 bridgehead atoms. The number of allylic oxidation sites excluding steroid dienone is 6. The van der Waals surface area contributed by atoms with Gasteiger partial charge in [0, 0.05) is 0 Å². The van der Waals surface area contributed by atoms with Gasteiger partial charge in [-0.1, -0.05) is 113 Å². The van der Waals surface area contributed by atoms with E-state index in [-0.39, 0.29) is 46.5 Å². The molecule has 2 unspecified atom stereocenters. The van der Waals surface area contributed by atoms with Gasteiger partial charge in [0.25, 0.3) is 0 Å². The van der Waals surface area contributed by atoms with Crippen molar-refractivity contribution in [2.24, 2.45) is 27.6 Å². The Labute approximate surface area is 380 Å². The van der Waals surface area contributed by atoms with E-state index in [1.54, 1.807) is 28.2 Å². The summed E-state index contributed by atoms with van der Waals surface area (Å²) in [5.74, 6) is 2.24. The second-order valence-electron chi connectivity index (χ2n) is 18.7. The van der Waals surface area contributed by atoms with Crippen LogP contribution in [0.3, 0.4) is 0 Å². The standard InChI is InChI=1S/C29H37.C21H26.C5H5.2ClH.Hf/c1-18-25-22-17-19-13-9-10-14-20(19)24(22)21-15-11-12-16-23(21)29(25,8)28(6,7)27(4,5)26(18,2)3;1-3-5-7-18-9-13-20(14-10-18)17-21-15-11-19(12-16-21)8-6-4-2;1-2-4-5-3-1;;;/h9-11,13-15,23H,12,16-17H2,1-8H3;9-16H,3-8H2,1-2H3;1-5H;2*1H;/q-1;;-1;;;+2/p-2. The van der Waals surface area contributed by atoms with Gasteiger partial charge in [0.2, 0.25) is 0 Å². The number of fused-ring (bicyclic) bond motifs is 6. The molecule has 0 radical (unpaired) electrons. The zero-order valence-corrected chi connectivity index (χ0v) is 42.3. The summed E-state index contributed by atoms with van der Waals surface area (Å²) in [6, 6.07) is 37.6. The van der Waals surface area contributed by atoms with Gasteiger partial charge in [-0.25, -0.2) is 18.1 Å². The summed E-state index contributed by atoms with van der Waals surface area (Å²) in [5, 5.41) is 0. The third-order valence-electron chi connectivity index (χ3n) is 15.5. The Morgan fingerprint density at radius 3 is 1.76 bits per heavy atom. The molecule has 4 aromatic rings. The van der Waals surface area contributed by atoms with Crippen molar-refractivity contribution in [2.75, 3.05) is 0 Å². The van der Waals surface area contributed by atoms with Crippen LogP contribution in [0, 0.1) is 33.5 Å². The van der Waals surface area contributed by atoms with Crippen molar-refractivity contribution >= 4 is 8.83 Å². The smallest absolute Gasteiger partial charge is 0.00969 e. The Kier molecular flexibility index (Phi) is 16.5. The fourth-order valence-corrected chi connectivity index (χ4v) is 11.7. The van der Waals surface area contributed by atoms with Crippen LogP contribution in [-0.4, -0.2) is 3.26 Å². The number of aryl methyl sites for hydroxylation is 2. The van der Waals surface area contributed by atoms with E-state index in [1.807, 2.05) is 30.3 Å². The molecule has 58 heavy (non-hydrogen) atoms. The maximum Gasteiger partial charge on any atom is -0.00969 e. The van der Waals surface area contributed by atoms with Gasteiger partial charge < -0.3 is 24.8 Å². The van der Waals surface area contributed by atoms with Gasteiger partial charge in [-0.2, -0.15) is 29.3 Å². The Morgan fingerprint density at radius 2 is 1.26 bits per heavy atom. The summed E-state index contributed by atoms with van der Waals surface area (Å²) >= 11 is 1.08. The quantitative estimate of drug-likeness (QED) is 0.122. The summed E-state index contributed by atoms with van der Waals surface area (Å²) in [6.07, 6.45) is 16.0. The van der Waals surface area contributed by atoms with Crippen LogP contribution in [0.5, 0.6) is 0 Å². The van der Waals surface area contributed by atoms with Crippen molar-refractivity contribution in [3.8, 4) is 0 Å². The maximum atomic E-state index is 2.62. The maximum absolute atomic E-state index is 2.62. The van der Waals surface area contributed by atoms with Gasteiger partial charge in [0.05, 0.1) is 0 Å². The molecule has 0 nitrogen and oxygen atoms in total. The predicted molar refractivity (Wildman–Crippen MR) is 240 cm³/mol. The molecule has 8 rings (SSSR count). The van der Waals surface area contributed by atoms with Crippen LogP contribution >= 0.6 is 0 Å². The third kappa shape index (κ3) is 8.76. The Morgan fingerprint density at radius 1 is 0.724 bits per heavy atom. The van der Waals surface area contributed by atoms with Crippen molar-refractivity contribution < 1.29 is 48.7 Å². The van der Waals surface area contributed by atoms with Crippen molar-refractivity contribution in [2.45, 2.75) is 127 Å². The van der Waals surface area contributed by atoms with Crippen LogP contribution in [0.1, 0.15) is 141 Å². The summed E-state index contributed by atoms with van der Waals surface area (Å²) < 4.78 is 1.50. The van der Waals surface area contributed by atoms with Gasteiger partial charge in [-0.3, -0.25) is 0 Å². The van der Waals surface area contributed by atoms with E-state index in [0.717, 1.165) is 30.3 Å². The Hall–Kier alpha value is -2.58. The van der Waals surface area contributed by atoms with Crippen LogP contribution in [0.25, 0.3) is 5.57 Å². The van der Waals surface area contributed by atoms with E-state index < -0.39 is 0 Å². The first-order valence-corrected chi connectivity index (χ1v) is 23.5. The van der Waals surface area contributed by atoms with Crippen LogP contribution in [-0.2, 0) is 43.2 Å². The molecular weight excluding hydrogens is 910 g/mol. The Balaban J connectivity index is 0.000000228. The second kappa shape index (κ2) is 19.9. The predicted octanol–water partition coefficient (Wildman–Crippen LogP) is 8.87. The molecule has 308 valence electrons. The first-order chi connectivity index (χ1) is 26.7. The normalized spacial score (nSPS) is 21.4. The fourth-order valence-electron chi connectivity index (χ4n) is 10.5. The minimum absolute atomic E-state index is 0. The zero-order chi connectivity index (χ0) is 40.3. The van der Waals surface area contributed by atoms with E-state index in [4.69, 9.17) is 0 Å². The van der Waals surface area contributed by atoms with Gasteiger partial charge in [-0.05, 0) is 40.6 Å². The monoisotopic (exact) mass is 978 g/mol. The topological polar surface area (TPSA) is 0 Å². The molecule has 0 saturated heterocycles. The molecule has 1 fully saturated rings. The van der Waals surface area contributed by atoms with Crippen LogP contribution < -0.4 is 24.8 Å². The van der Waals surface area contributed by atoms with Crippen LogP contribution in [0.15, 0.2) is 132 Å². The molecule has 2 atom stereocenters. The molecule has 3 heteroatoms. The first kappa shape index (κ1) is 48.1. The summed E-state index contributed by atoms with van der Waals surface area (Å²) in [5.41, 5.74) is 16.0. The third-order valence-corrected chi connectivity index (χ3v) is 17.5. The van der Waals surface area contributed by atoms with Gasteiger partial charge in [0.1, 0.15) is 0 Å². The van der Waals surface area contributed by atoms with Crippen molar-refractivity contribution in [3.05, 3.63) is 171 Å². The number of rotatable bonds is 8. The van der Waals surface area contributed by atoms with E-state index >= 15 is 0 Å². The molecule has 0 amide bonds. The second-order valence-corrected chi connectivity index (χ2v) is 20.5. The van der Waals surface area contributed by atoms with Crippen molar-refractivity contribution in [1.29, 1.82) is 0 Å². The molecule has 0 N–H and O–H groups in total. The fraction of sp³-hybridized carbons (Fsp3) is 0.436. The van der Waals surface area contributed by atoms with E-state index in [2.05, 4.69) is 154 Å². The molecular formula is C55H68Cl2Hf-2. The molecule has 0 spiro atoms. The largest absolute Gasteiger partial charge is 1.00 e. The number of halogens is 2. The SMILES string of the molecule is CCCCc1ccc([C](=[Hf+2])c2ccc(CCCC)cc2)cc1.C[C-]1C2=C3Cc4ccccc4C3=C3C=CCCC3C2(C)C(C)(C)C(C)(C)C1(C)C.[Cl-].[Cl-].c1cc[cH-]c1. The average molecular weight is 979 g/mol. The van der Waals surface area contributed by atoms with Gasteiger partial charge in [-0.15, -0.1) is 6.92 Å². The van der Waals surface area contributed by atoms with Gasteiger partial charge >= 0.3 is 150 Å². The van der Waals surface area contributed by atoms with Gasteiger partial charge in [0.15, 0.2) is 0 Å². The Bertz CT molecular complexity index is 1980. The molecule has 1 saturated carbocycles. The number of benzene rings is 3. The molecule has 0 aliphatic heterocycles. The molecule has 4 aromatic carbocycles. The average Bonchev–Trinajstić information content (AvgIpc) is 3.92. The number of hydrogen-bond donors (Lipinski definition) is 0. The minimum atomic E-state index is 0. The van der Waals surface area contributed by atoms with E-state index in [1.165, 1.54) is 88.0 Å². The van der Waals surface area contributed by atoms with Crippen molar-refractivity contribution in [3.63, 3.8) is 0 Å². The van der Waals surface area contributed by atoms with Crippen LogP contribution in [0.4, 0.5) is 0 Å². The summed E-state index contributed by atoms with van der Waals surface area (Å²) in [6.45, 7) is 24.8. The van der Waals surface area contributed by atoms with E-state index in [0.29, 0.717) is 5.92 Å². The molecule has 4 aliphatic carbocycles. The molecule has 0 heterocycles. The summed E-state index contributed by atoms with van der Waals surface area (Å²) in [4.78, 5) is 0. The summed E-state index contributed by atoms with van der Waals surface area (Å²) in [7, 11) is 0.